The van der Waals surface area contributed by atoms with Crippen LogP contribution in [0.4, 0.5) is 22.0 Å². The molecule has 0 fully saturated rings. The number of rotatable bonds is 4. The highest BCUT2D eigenvalue weighted by atomic mass is 19.4. The van der Waals surface area contributed by atoms with Crippen molar-refractivity contribution < 1.29 is 27.1 Å². The van der Waals surface area contributed by atoms with Crippen LogP contribution in [0.5, 0.6) is 0 Å². The summed E-state index contributed by atoms with van der Waals surface area (Å²) in [5, 5.41) is 9.05. The molecule has 3 N–H and O–H groups in total. The molecule has 1 rings (SSSR count). The number of hydrogen-bond donors (Lipinski definition) is 2. The monoisotopic (exact) mass is 269 g/mol. The van der Waals surface area contributed by atoms with E-state index in [-0.39, 0.29) is 6.42 Å². The Bertz CT molecular complexity index is 379. The minimum Gasteiger partial charge on any atom is -0.385 e. The normalized spacial score (nSPS) is 16.4. The summed E-state index contributed by atoms with van der Waals surface area (Å²) in [6, 6.07) is 6.20. The molecule has 1 aromatic rings. The van der Waals surface area contributed by atoms with Crippen LogP contribution in [0.2, 0.25) is 0 Å². The van der Waals surface area contributed by atoms with E-state index in [1.807, 2.05) is 0 Å². The van der Waals surface area contributed by atoms with Crippen LogP contribution in [0.3, 0.4) is 0 Å². The lowest BCUT2D eigenvalue weighted by Gasteiger charge is -2.28. The zero-order valence-corrected chi connectivity index (χ0v) is 9.16. The molecule has 0 aliphatic heterocycles. The SMILES string of the molecule is NC(Cc1ccccc1)C(O)C(F)(F)C(F)(F)F. The number of benzene rings is 1. The molecule has 2 unspecified atom stereocenters. The lowest BCUT2D eigenvalue weighted by atomic mass is 9.98. The van der Waals surface area contributed by atoms with Crippen molar-refractivity contribution in [2.45, 2.75) is 30.7 Å². The highest BCUT2D eigenvalue weighted by molar-refractivity contribution is 5.16. The van der Waals surface area contributed by atoms with Gasteiger partial charge in [-0.3, -0.25) is 0 Å². The predicted molar refractivity (Wildman–Crippen MR) is 55.1 cm³/mol. The molecule has 0 aromatic heterocycles. The number of nitrogens with two attached hydrogens (primary N) is 1. The Labute approximate surface area is 100 Å². The van der Waals surface area contributed by atoms with E-state index in [1.54, 1.807) is 18.2 Å². The Morgan fingerprint density at radius 3 is 2.00 bits per heavy atom. The maximum Gasteiger partial charge on any atom is 0.456 e. The minimum atomic E-state index is -5.82. The summed E-state index contributed by atoms with van der Waals surface area (Å²) >= 11 is 0. The summed E-state index contributed by atoms with van der Waals surface area (Å²) in [6.45, 7) is 0. The van der Waals surface area contributed by atoms with Crippen molar-refractivity contribution in [3.63, 3.8) is 0 Å². The van der Waals surface area contributed by atoms with Gasteiger partial charge >= 0.3 is 12.1 Å². The Kier molecular flexibility index (Phi) is 4.28. The van der Waals surface area contributed by atoms with Crippen molar-refractivity contribution in [1.29, 1.82) is 0 Å². The Balaban J connectivity index is 2.76. The van der Waals surface area contributed by atoms with Gasteiger partial charge in [0, 0.05) is 6.04 Å². The molecule has 0 spiro atoms. The van der Waals surface area contributed by atoms with Crippen molar-refractivity contribution in [3.8, 4) is 0 Å². The smallest absolute Gasteiger partial charge is 0.385 e. The first-order valence-electron chi connectivity index (χ1n) is 5.08. The van der Waals surface area contributed by atoms with Crippen molar-refractivity contribution >= 4 is 0 Å². The molecule has 0 aliphatic rings. The van der Waals surface area contributed by atoms with Gasteiger partial charge in [-0.05, 0) is 12.0 Å². The first-order chi connectivity index (χ1) is 8.16. The molecule has 0 bridgehead atoms. The maximum absolute atomic E-state index is 12.8. The molecule has 0 saturated carbocycles. The molecule has 0 heterocycles. The number of aliphatic hydroxyl groups is 1. The van der Waals surface area contributed by atoms with E-state index in [0.29, 0.717) is 5.56 Å². The topological polar surface area (TPSA) is 46.2 Å². The van der Waals surface area contributed by atoms with E-state index in [0.717, 1.165) is 0 Å². The van der Waals surface area contributed by atoms with Gasteiger partial charge in [0.15, 0.2) is 0 Å². The van der Waals surface area contributed by atoms with Crippen molar-refractivity contribution in [3.05, 3.63) is 35.9 Å². The second-order valence-corrected chi connectivity index (χ2v) is 3.92. The first-order valence-corrected chi connectivity index (χ1v) is 5.08. The van der Waals surface area contributed by atoms with Crippen LogP contribution >= 0.6 is 0 Å². The lowest BCUT2D eigenvalue weighted by Crippen LogP contribution is -2.55. The zero-order valence-electron chi connectivity index (χ0n) is 9.16. The average Bonchev–Trinajstić information content (AvgIpc) is 2.27. The van der Waals surface area contributed by atoms with Gasteiger partial charge in [-0.15, -0.1) is 0 Å². The van der Waals surface area contributed by atoms with Crippen LogP contribution in [0.1, 0.15) is 5.56 Å². The van der Waals surface area contributed by atoms with Gasteiger partial charge in [0.1, 0.15) is 6.10 Å². The summed E-state index contributed by atoms with van der Waals surface area (Å²) in [5.41, 5.74) is 5.68. The maximum atomic E-state index is 12.8. The molecule has 0 amide bonds. The van der Waals surface area contributed by atoms with Crippen LogP contribution in [0.15, 0.2) is 30.3 Å². The van der Waals surface area contributed by atoms with Crippen molar-refractivity contribution in [1.82, 2.24) is 0 Å². The second-order valence-electron chi connectivity index (χ2n) is 3.92. The van der Waals surface area contributed by atoms with Crippen molar-refractivity contribution in [2.75, 3.05) is 0 Å². The summed E-state index contributed by atoms with van der Waals surface area (Å²) in [7, 11) is 0. The molecule has 7 heteroatoms. The van der Waals surface area contributed by atoms with Crippen LogP contribution in [-0.2, 0) is 6.42 Å². The second kappa shape index (κ2) is 5.19. The summed E-state index contributed by atoms with van der Waals surface area (Å²) < 4.78 is 61.7. The Morgan fingerprint density at radius 1 is 1.06 bits per heavy atom. The molecule has 0 saturated heterocycles. The van der Waals surface area contributed by atoms with E-state index < -0.39 is 24.2 Å². The molecular formula is C11H12F5NO. The van der Waals surface area contributed by atoms with E-state index in [4.69, 9.17) is 10.8 Å². The molecule has 18 heavy (non-hydrogen) atoms. The fourth-order valence-corrected chi connectivity index (χ4v) is 1.43. The van der Waals surface area contributed by atoms with Gasteiger partial charge < -0.3 is 10.8 Å². The molecule has 1 aromatic carbocycles. The first kappa shape index (κ1) is 14.8. The Morgan fingerprint density at radius 2 is 1.56 bits per heavy atom. The number of alkyl halides is 5. The molecule has 0 radical (unpaired) electrons. The Hall–Kier alpha value is -1.21. The highest BCUT2D eigenvalue weighted by Gasteiger charge is 2.63. The molecule has 102 valence electrons. The fourth-order valence-electron chi connectivity index (χ4n) is 1.43. The van der Waals surface area contributed by atoms with Gasteiger partial charge in [-0.1, -0.05) is 30.3 Å². The van der Waals surface area contributed by atoms with Crippen LogP contribution in [-0.4, -0.2) is 29.4 Å². The van der Waals surface area contributed by atoms with Crippen LogP contribution in [0, 0.1) is 0 Å². The minimum absolute atomic E-state index is 0.270. The van der Waals surface area contributed by atoms with Gasteiger partial charge in [0.2, 0.25) is 0 Å². The van der Waals surface area contributed by atoms with Gasteiger partial charge in [-0.2, -0.15) is 22.0 Å². The fraction of sp³-hybridized carbons (Fsp3) is 0.455. The van der Waals surface area contributed by atoms with E-state index >= 15 is 0 Å². The third-order valence-electron chi connectivity index (χ3n) is 2.47. The van der Waals surface area contributed by atoms with Gasteiger partial charge in [0.25, 0.3) is 0 Å². The lowest BCUT2D eigenvalue weighted by molar-refractivity contribution is -0.315. The average molecular weight is 269 g/mol. The number of halogens is 5. The summed E-state index contributed by atoms with van der Waals surface area (Å²) in [6.07, 6.45) is -9.06. The van der Waals surface area contributed by atoms with E-state index in [1.165, 1.54) is 12.1 Å². The predicted octanol–water partition coefficient (Wildman–Crippen LogP) is 2.11. The summed E-state index contributed by atoms with van der Waals surface area (Å²) in [4.78, 5) is 0. The largest absolute Gasteiger partial charge is 0.456 e. The quantitative estimate of drug-likeness (QED) is 0.822. The van der Waals surface area contributed by atoms with Gasteiger partial charge in [0.05, 0.1) is 0 Å². The molecule has 2 nitrogen and oxygen atoms in total. The molecule has 2 atom stereocenters. The standard InChI is InChI=1S/C11H12F5NO/c12-10(13,11(14,15)16)9(18)8(17)6-7-4-2-1-3-5-7/h1-5,8-9,18H,6,17H2. The molecular weight excluding hydrogens is 257 g/mol. The number of aliphatic hydroxyl groups excluding tert-OH is 1. The third-order valence-corrected chi connectivity index (χ3v) is 2.47. The third kappa shape index (κ3) is 3.17. The van der Waals surface area contributed by atoms with Crippen LogP contribution < -0.4 is 5.73 Å². The summed E-state index contributed by atoms with van der Waals surface area (Å²) in [5.74, 6) is -5.22. The van der Waals surface area contributed by atoms with Gasteiger partial charge in [-0.25, -0.2) is 0 Å². The zero-order chi connectivity index (χ0) is 14.0. The van der Waals surface area contributed by atoms with Crippen molar-refractivity contribution in [2.24, 2.45) is 5.73 Å². The highest BCUT2D eigenvalue weighted by Crippen LogP contribution is 2.39. The van der Waals surface area contributed by atoms with E-state index in [2.05, 4.69) is 0 Å². The number of hydrogen-bond acceptors (Lipinski definition) is 2. The van der Waals surface area contributed by atoms with E-state index in [9.17, 15) is 22.0 Å². The molecule has 0 aliphatic carbocycles. The van der Waals surface area contributed by atoms with Crippen LogP contribution in [0.25, 0.3) is 0 Å².